The Morgan fingerprint density at radius 2 is 2.23 bits per heavy atom. The molecule has 6 nitrogen and oxygen atoms in total. The van der Waals surface area contributed by atoms with Crippen molar-refractivity contribution in [1.82, 2.24) is 19.6 Å². The third-order valence-electron chi connectivity index (χ3n) is 4.82. The summed E-state index contributed by atoms with van der Waals surface area (Å²) in [6.07, 6.45) is 5.29. The number of aromatic nitrogens is 3. The van der Waals surface area contributed by atoms with Crippen LogP contribution >= 0.6 is 11.6 Å². The van der Waals surface area contributed by atoms with Gasteiger partial charge in [0.05, 0.1) is 6.20 Å². The molecule has 2 aromatic rings. The molecule has 0 aromatic carbocycles. The lowest BCUT2D eigenvalue weighted by atomic mass is 10.0. The molecule has 118 valence electrons. The van der Waals surface area contributed by atoms with E-state index in [9.17, 15) is 0 Å². The molecule has 3 N–H and O–H groups in total. The van der Waals surface area contributed by atoms with E-state index in [-0.39, 0.29) is 0 Å². The largest absolute Gasteiger partial charge is 0.366 e. The van der Waals surface area contributed by atoms with E-state index < -0.39 is 0 Å². The third kappa shape index (κ3) is 2.55. The summed E-state index contributed by atoms with van der Waals surface area (Å²) in [4.78, 5) is 4.74. The lowest BCUT2D eigenvalue weighted by Gasteiger charge is -2.17. The van der Waals surface area contributed by atoms with E-state index in [2.05, 4.69) is 23.4 Å². The maximum Gasteiger partial charge on any atom is 0.176 e. The Labute approximate surface area is 134 Å². The van der Waals surface area contributed by atoms with E-state index in [0.29, 0.717) is 17.0 Å². The first-order valence-corrected chi connectivity index (χ1v) is 8.30. The molecule has 7 heteroatoms. The molecule has 0 spiro atoms. The predicted octanol–water partition coefficient (Wildman–Crippen LogP) is 2.26. The minimum Gasteiger partial charge on any atom is -0.366 e. The zero-order valence-corrected chi connectivity index (χ0v) is 13.4. The standard InChI is InChI=1S/C15H21ClN6/c1-9(10-2-3-10)13-6-14(19-11-4-5-21(17)8-11)22-15(20-13)12(16)7-18-22/h6-7,9-11,19H,2-5,8,17H2,1H3. The molecule has 2 atom stereocenters. The normalized spacial score (nSPS) is 24.0. The average molecular weight is 321 g/mol. The van der Waals surface area contributed by atoms with E-state index in [4.69, 9.17) is 22.4 Å². The van der Waals surface area contributed by atoms with E-state index in [1.165, 1.54) is 12.8 Å². The Bertz CT molecular complexity index is 695. The number of nitrogens with two attached hydrogens (primary N) is 1. The van der Waals surface area contributed by atoms with Crippen LogP contribution in [-0.4, -0.2) is 38.7 Å². The van der Waals surface area contributed by atoms with Gasteiger partial charge < -0.3 is 5.32 Å². The molecule has 2 unspecified atom stereocenters. The Morgan fingerprint density at radius 1 is 1.41 bits per heavy atom. The van der Waals surface area contributed by atoms with Gasteiger partial charge in [0.25, 0.3) is 0 Å². The second kappa shape index (κ2) is 5.37. The van der Waals surface area contributed by atoms with Gasteiger partial charge in [-0.1, -0.05) is 18.5 Å². The van der Waals surface area contributed by atoms with Gasteiger partial charge in [-0.2, -0.15) is 9.61 Å². The molecule has 2 aliphatic rings. The molecule has 4 rings (SSSR count). The van der Waals surface area contributed by atoms with Crippen molar-refractivity contribution in [3.8, 4) is 0 Å². The highest BCUT2D eigenvalue weighted by atomic mass is 35.5. The fourth-order valence-electron chi connectivity index (χ4n) is 3.24. The predicted molar refractivity (Wildman–Crippen MR) is 86.9 cm³/mol. The van der Waals surface area contributed by atoms with Gasteiger partial charge in [0.1, 0.15) is 10.8 Å². The van der Waals surface area contributed by atoms with Gasteiger partial charge in [-0.05, 0) is 25.2 Å². The highest BCUT2D eigenvalue weighted by molar-refractivity contribution is 6.33. The number of rotatable bonds is 4. The first kappa shape index (κ1) is 14.2. The lowest BCUT2D eigenvalue weighted by Crippen LogP contribution is -2.31. The number of hydrogen-bond donors (Lipinski definition) is 2. The lowest BCUT2D eigenvalue weighted by molar-refractivity contribution is 0.352. The SMILES string of the molecule is CC(c1cc(NC2CCN(N)C2)n2ncc(Cl)c2n1)C1CC1. The van der Waals surface area contributed by atoms with Crippen molar-refractivity contribution < 1.29 is 0 Å². The maximum atomic E-state index is 6.25. The van der Waals surface area contributed by atoms with Crippen LogP contribution in [0.3, 0.4) is 0 Å². The Morgan fingerprint density at radius 3 is 2.91 bits per heavy atom. The number of anilines is 1. The molecular formula is C15H21ClN6. The monoisotopic (exact) mass is 320 g/mol. The zero-order valence-electron chi connectivity index (χ0n) is 12.7. The minimum atomic E-state index is 0.336. The van der Waals surface area contributed by atoms with E-state index in [1.54, 1.807) is 10.7 Å². The van der Waals surface area contributed by atoms with Crippen LogP contribution in [0.2, 0.25) is 5.02 Å². The molecule has 2 aromatic heterocycles. The number of hydrazine groups is 1. The third-order valence-corrected chi connectivity index (χ3v) is 5.08. The molecule has 3 heterocycles. The van der Waals surface area contributed by atoms with Crippen LogP contribution in [0.1, 0.15) is 37.8 Å². The number of hydrogen-bond acceptors (Lipinski definition) is 5. The van der Waals surface area contributed by atoms with Crippen LogP contribution in [0.5, 0.6) is 0 Å². The van der Waals surface area contributed by atoms with Gasteiger partial charge in [-0.25, -0.2) is 9.99 Å². The van der Waals surface area contributed by atoms with Crippen LogP contribution < -0.4 is 11.2 Å². The van der Waals surface area contributed by atoms with E-state index in [1.807, 2.05) is 5.01 Å². The van der Waals surface area contributed by atoms with Crippen LogP contribution in [0.25, 0.3) is 5.65 Å². The van der Waals surface area contributed by atoms with Crippen LogP contribution in [0, 0.1) is 5.92 Å². The highest BCUT2D eigenvalue weighted by Crippen LogP contribution is 2.42. The molecule has 22 heavy (non-hydrogen) atoms. The van der Waals surface area contributed by atoms with Gasteiger partial charge in [0, 0.05) is 36.8 Å². The summed E-state index contributed by atoms with van der Waals surface area (Å²) in [5, 5.41) is 10.4. The second-order valence-electron chi connectivity index (χ2n) is 6.55. The molecule has 1 saturated carbocycles. The van der Waals surface area contributed by atoms with Crippen molar-refractivity contribution in [2.24, 2.45) is 11.8 Å². The molecule has 2 fully saturated rings. The van der Waals surface area contributed by atoms with Crippen molar-refractivity contribution in [1.29, 1.82) is 0 Å². The van der Waals surface area contributed by atoms with Gasteiger partial charge in [-0.3, -0.25) is 5.84 Å². The minimum absolute atomic E-state index is 0.336. The van der Waals surface area contributed by atoms with Gasteiger partial charge in [0.2, 0.25) is 0 Å². The van der Waals surface area contributed by atoms with Crippen molar-refractivity contribution in [3.05, 3.63) is 23.0 Å². The molecular weight excluding hydrogens is 300 g/mol. The van der Waals surface area contributed by atoms with Crippen molar-refractivity contribution in [2.45, 2.75) is 38.1 Å². The van der Waals surface area contributed by atoms with Crippen LogP contribution in [0.4, 0.5) is 5.82 Å². The zero-order chi connectivity index (χ0) is 15.3. The van der Waals surface area contributed by atoms with Crippen molar-refractivity contribution in [3.63, 3.8) is 0 Å². The maximum absolute atomic E-state index is 6.25. The Balaban J connectivity index is 1.71. The summed E-state index contributed by atoms with van der Waals surface area (Å²) >= 11 is 6.25. The molecule has 0 bridgehead atoms. The summed E-state index contributed by atoms with van der Waals surface area (Å²) in [6, 6.07) is 2.46. The van der Waals surface area contributed by atoms with Crippen LogP contribution in [-0.2, 0) is 0 Å². The van der Waals surface area contributed by atoms with Gasteiger partial charge in [-0.15, -0.1) is 0 Å². The smallest absolute Gasteiger partial charge is 0.176 e. The summed E-state index contributed by atoms with van der Waals surface area (Å²) in [6.45, 7) is 4.01. The first-order valence-electron chi connectivity index (χ1n) is 7.92. The fourth-order valence-corrected chi connectivity index (χ4v) is 3.41. The van der Waals surface area contributed by atoms with Gasteiger partial charge >= 0.3 is 0 Å². The highest BCUT2D eigenvalue weighted by Gasteiger charge is 2.31. The molecule has 1 saturated heterocycles. The van der Waals surface area contributed by atoms with E-state index >= 15 is 0 Å². The molecule has 1 aliphatic carbocycles. The number of nitrogens with one attached hydrogen (secondary N) is 1. The molecule has 0 amide bonds. The topological polar surface area (TPSA) is 71.5 Å². The second-order valence-corrected chi connectivity index (χ2v) is 6.95. The Kier molecular flexibility index (Phi) is 3.47. The van der Waals surface area contributed by atoms with E-state index in [0.717, 1.165) is 42.6 Å². The first-order chi connectivity index (χ1) is 10.6. The summed E-state index contributed by atoms with van der Waals surface area (Å²) < 4.78 is 1.80. The van der Waals surface area contributed by atoms with Crippen molar-refractivity contribution in [2.75, 3.05) is 18.4 Å². The average Bonchev–Trinajstić information content (AvgIpc) is 3.18. The summed E-state index contributed by atoms with van der Waals surface area (Å²) in [5.74, 6) is 8.04. The molecule has 0 radical (unpaired) electrons. The van der Waals surface area contributed by atoms with Gasteiger partial charge in [0.15, 0.2) is 5.65 Å². The number of nitrogens with zero attached hydrogens (tertiary/aromatic N) is 4. The molecule has 1 aliphatic heterocycles. The fraction of sp³-hybridized carbons (Fsp3) is 0.600. The summed E-state index contributed by atoms with van der Waals surface area (Å²) in [7, 11) is 0. The number of fused-ring (bicyclic) bond motifs is 1. The summed E-state index contributed by atoms with van der Waals surface area (Å²) in [5.41, 5.74) is 1.83. The quantitative estimate of drug-likeness (QED) is 0.845. The van der Waals surface area contributed by atoms with Crippen molar-refractivity contribution >= 4 is 23.1 Å². The number of halogens is 1. The Hall–Kier alpha value is -1.37. The van der Waals surface area contributed by atoms with Crippen LogP contribution in [0.15, 0.2) is 12.3 Å².